The maximum absolute atomic E-state index is 12.8. The Morgan fingerprint density at radius 1 is 1.00 bits per heavy atom. The summed E-state index contributed by atoms with van der Waals surface area (Å²) in [5.41, 5.74) is 8.49. The van der Waals surface area contributed by atoms with Gasteiger partial charge in [-0.15, -0.1) is 0 Å². The molecule has 0 fully saturated rings. The van der Waals surface area contributed by atoms with E-state index in [1.54, 1.807) is 12.1 Å². The Bertz CT molecular complexity index is 754. The maximum Gasteiger partial charge on any atom is 0.126 e. The van der Waals surface area contributed by atoms with E-state index >= 15 is 0 Å². The van der Waals surface area contributed by atoms with E-state index in [1.165, 1.54) is 12.1 Å². The standard InChI is InChI=1S/C17H16FN3/c18-14-4-1-12(2-5-14)9-10-20-17-8-3-13-11-15(19)6-7-16(13)21-17/h1-8,11H,9-10,19H2,(H,20,21). The molecule has 4 heteroatoms. The van der Waals surface area contributed by atoms with Gasteiger partial charge in [0.25, 0.3) is 0 Å². The molecule has 3 nitrogen and oxygen atoms in total. The van der Waals surface area contributed by atoms with Gasteiger partial charge in [-0.05, 0) is 54.4 Å². The fraction of sp³-hybridized carbons (Fsp3) is 0.118. The minimum atomic E-state index is -0.206. The van der Waals surface area contributed by atoms with E-state index in [1.807, 2.05) is 30.3 Å². The van der Waals surface area contributed by atoms with Gasteiger partial charge in [-0.1, -0.05) is 12.1 Å². The predicted molar refractivity (Wildman–Crippen MR) is 84.7 cm³/mol. The molecule has 3 rings (SSSR count). The second-order valence-electron chi connectivity index (χ2n) is 4.95. The first kappa shape index (κ1) is 13.4. The molecule has 21 heavy (non-hydrogen) atoms. The summed E-state index contributed by atoms with van der Waals surface area (Å²) in [6.45, 7) is 0.749. The second-order valence-corrected chi connectivity index (χ2v) is 4.95. The molecule has 0 spiro atoms. The number of halogens is 1. The van der Waals surface area contributed by atoms with Crippen molar-refractivity contribution in [2.24, 2.45) is 0 Å². The Morgan fingerprint density at radius 3 is 2.62 bits per heavy atom. The Labute approximate surface area is 122 Å². The van der Waals surface area contributed by atoms with E-state index in [2.05, 4.69) is 10.3 Å². The maximum atomic E-state index is 12.8. The number of anilines is 2. The monoisotopic (exact) mass is 281 g/mol. The van der Waals surface area contributed by atoms with E-state index < -0.39 is 0 Å². The van der Waals surface area contributed by atoms with Crippen molar-refractivity contribution in [1.82, 2.24) is 4.98 Å². The SMILES string of the molecule is Nc1ccc2nc(NCCc3ccc(F)cc3)ccc2c1. The molecule has 0 atom stereocenters. The number of fused-ring (bicyclic) bond motifs is 1. The Kier molecular flexibility index (Phi) is 3.69. The van der Waals surface area contributed by atoms with Crippen molar-refractivity contribution in [3.05, 3.63) is 66.0 Å². The first-order chi connectivity index (χ1) is 10.2. The molecule has 2 aromatic carbocycles. The molecule has 3 N–H and O–H groups in total. The van der Waals surface area contributed by atoms with Gasteiger partial charge in [0.05, 0.1) is 5.52 Å². The molecule has 1 heterocycles. The Balaban J connectivity index is 1.65. The second kappa shape index (κ2) is 5.79. The van der Waals surface area contributed by atoms with Crippen molar-refractivity contribution in [2.75, 3.05) is 17.6 Å². The average molecular weight is 281 g/mol. The molecule has 0 radical (unpaired) electrons. The summed E-state index contributed by atoms with van der Waals surface area (Å²) in [5, 5.41) is 4.31. The molecule has 3 aromatic rings. The minimum Gasteiger partial charge on any atom is -0.399 e. The molecule has 0 aliphatic heterocycles. The van der Waals surface area contributed by atoms with Crippen LogP contribution in [0.15, 0.2) is 54.6 Å². The van der Waals surface area contributed by atoms with Crippen molar-refractivity contribution in [3.8, 4) is 0 Å². The molecule has 0 aliphatic rings. The van der Waals surface area contributed by atoms with Crippen LogP contribution in [-0.4, -0.2) is 11.5 Å². The molecule has 0 bridgehead atoms. The van der Waals surface area contributed by atoms with Gasteiger partial charge in [0, 0.05) is 17.6 Å². The van der Waals surface area contributed by atoms with Crippen molar-refractivity contribution < 1.29 is 4.39 Å². The summed E-state index contributed by atoms with van der Waals surface area (Å²) in [6.07, 6.45) is 0.821. The summed E-state index contributed by atoms with van der Waals surface area (Å²) in [5.74, 6) is 0.622. The first-order valence-electron chi connectivity index (χ1n) is 6.85. The molecular weight excluding hydrogens is 265 g/mol. The lowest BCUT2D eigenvalue weighted by Gasteiger charge is -2.07. The summed E-state index contributed by atoms with van der Waals surface area (Å²) >= 11 is 0. The smallest absolute Gasteiger partial charge is 0.126 e. The topological polar surface area (TPSA) is 50.9 Å². The number of nitrogen functional groups attached to an aromatic ring is 1. The lowest BCUT2D eigenvalue weighted by molar-refractivity contribution is 0.627. The van der Waals surface area contributed by atoms with Gasteiger partial charge in [0.2, 0.25) is 0 Å². The number of nitrogens with two attached hydrogens (primary N) is 1. The van der Waals surface area contributed by atoms with Crippen LogP contribution in [0.1, 0.15) is 5.56 Å². The molecule has 106 valence electrons. The first-order valence-corrected chi connectivity index (χ1v) is 6.85. The highest BCUT2D eigenvalue weighted by molar-refractivity contribution is 5.83. The summed E-state index contributed by atoms with van der Waals surface area (Å²) < 4.78 is 12.8. The number of hydrogen-bond acceptors (Lipinski definition) is 3. The van der Waals surface area contributed by atoms with E-state index in [0.717, 1.165) is 40.9 Å². The fourth-order valence-corrected chi connectivity index (χ4v) is 2.23. The number of rotatable bonds is 4. The third-order valence-corrected chi connectivity index (χ3v) is 3.35. The zero-order valence-electron chi connectivity index (χ0n) is 11.5. The van der Waals surface area contributed by atoms with Gasteiger partial charge in [-0.2, -0.15) is 0 Å². The van der Waals surface area contributed by atoms with Crippen LogP contribution in [0.3, 0.4) is 0 Å². The van der Waals surface area contributed by atoms with Crippen LogP contribution in [-0.2, 0) is 6.42 Å². The van der Waals surface area contributed by atoms with Crippen LogP contribution >= 0.6 is 0 Å². The number of nitrogens with zero attached hydrogens (tertiary/aromatic N) is 1. The Hall–Kier alpha value is -2.62. The van der Waals surface area contributed by atoms with Crippen LogP contribution in [0.2, 0.25) is 0 Å². The van der Waals surface area contributed by atoms with Gasteiger partial charge in [0.15, 0.2) is 0 Å². The van der Waals surface area contributed by atoms with E-state index in [0.29, 0.717) is 0 Å². The Morgan fingerprint density at radius 2 is 1.81 bits per heavy atom. The van der Waals surface area contributed by atoms with E-state index in [-0.39, 0.29) is 5.82 Å². The third kappa shape index (κ3) is 3.28. The molecule has 0 unspecified atom stereocenters. The largest absolute Gasteiger partial charge is 0.399 e. The normalized spacial score (nSPS) is 10.7. The molecule has 0 saturated carbocycles. The lowest BCUT2D eigenvalue weighted by Crippen LogP contribution is -2.06. The molecule has 0 amide bonds. The zero-order valence-corrected chi connectivity index (χ0v) is 11.5. The number of aromatic nitrogens is 1. The van der Waals surface area contributed by atoms with E-state index in [9.17, 15) is 4.39 Å². The van der Waals surface area contributed by atoms with Crippen molar-refractivity contribution >= 4 is 22.4 Å². The third-order valence-electron chi connectivity index (χ3n) is 3.35. The van der Waals surface area contributed by atoms with Crippen molar-refractivity contribution in [1.29, 1.82) is 0 Å². The summed E-state index contributed by atoms with van der Waals surface area (Å²) in [4.78, 5) is 4.53. The van der Waals surface area contributed by atoms with Crippen LogP contribution in [0.5, 0.6) is 0 Å². The van der Waals surface area contributed by atoms with Crippen LogP contribution < -0.4 is 11.1 Å². The lowest BCUT2D eigenvalue weighted by atomic mass is 10.1. The van der Waals surface area contributed by atoms with E-state index in [4.69, 9.17) is 5.73 Å². The summed E-state index contributed by atoms with van der Waals surface area (Å²) in [6, 6.07) is 16.2. The van der Waals surface area contributed by atoms with Crippen molar-refractivity contribution in [2.45, 2.75) is 6.42 Å². The van der Waals surface area contributed by atoms with Crippen LogP contribution in [0.4, 0.5) is 15.9 Å². The van der Waals surface area contributed by atoms with Gasteiger partial charge in [0.1, 0.15) is 11.6 Å². The molecular formula is C17H16FN3. The van der Waals surface area contributed by atoms with Gasteiger partial charge in [-0.25, -0.2) is 9.37 Å². The van der Waals surface area contributed by atoms with Gasteiger partial charge < -0.3 is 11.1 Å². The highest BCUT2D eigenvalue weighted by Crippen LogP contribution is 2.18. The van der Waals surface area contributed by atoms with Gasteiger partial charge >= 0.3 is 0 Å². The number of pyridine rings is 1. The number of hydrogen-bond donors (Lipinski definition) is 2. The summed E-state index contributed by atoms with van der Waals surface area (Å²) in [7, 11) is 0. The molecule has 0 aliphatic carbocycles. The van der Waals surface area contributed by atoms with Crippen molar-refractivity contribution in [3.63, 3.8) is 0 Å². The van der Waals surface area contributed by atoms with Crippen LogP contribution in [0.25, 0.3) is 10.9 Å². The van der Waals surface area contributed by atoms with Crippen LogP contribution in [0, 0.1) is 5.82 Å². The molecule has 0 saturated heterocycles. The quantitative estimate of drug-likeness (QED) is 0.718. The fourth-order valence-electron chi connectivity index (χ4n) is 2.23. The van der Waals surface area contributed by atoms with Gasteiger partial charge in [-0.3, -0.25) is 0 Å². The highest BCUT2D eigenvalue weighted by atomic mass is 19.1. The molecule has 1 aromatic heterocycles. The highest BCUT2D eigenvalue weighted by Gasteiger charge is 1.99. The minimum absolute atomic E-state index is 0.206. The number of nitrogens with one attached hydrogen (secondary N) is 1. The predicted octanol–water partition coefficient (Wildman–Crippen LogP) is 3.61. The number of benzene rings is 2. The zero-order chi connectivity index (χ0) is 14.7. The average Bonchev–Trinajstić information content (AvgIpc) is 2.49.